The highest BCUT2D eigenvalue weighted by Gasteiger charge is 2.29. The van der Waals surface area contributed by atoms with E-state index in [1.165, 1.54) is 0 Å². The SMILES string of the molecule is O=C(COC(=O)c1nc(Cl)c(Cl)c(Cl)c1Cl)NC1CCS(=O)(=O)C1. The van der Waals surface area contributed by atoms with E-state index < -0.39 is 34.4 Å². The maximum atomic E-state index is 11.9. The Bertz CT molecular complexity index is 799. The summed E-state index contributed by atoms with van der Waals surface area (Å²) >= 11 is 23.1. The van der Waals surface area contributed by atoms with Gasteiger partial charge in [-0.15, -0.1) is 0 Å². The quantitative estimate of drug-likeness (QED) is 0.574. The number of nitrogens with one attached hydrogen (secondary N) is 1. The van der Waals surface area contributed by atoms with Crippen LogP contribution in [0.2, 0.25) is 20.2 Å². The largest absolute Gasteiger partial charge is 0.451 e. The molecule has 2 rings (SSSR count). The van der Waals surface area contributed by atoms with E-state index in [-0.39, 0.29) is 37.4 Å². The van der Waals surface area contributed by atoms with E-state index >= 15 is 0 Å². The predicted molar refractivity (Wildman–Crippen MR) is 89.8 cm³/mol. The number of sulfone groups is 1. The number of carbonyl (C=O) groups is 2. The molecular formula is C12H10Cl4N2O5S. The summed E-state index contributed by atoms with van der Waals surface area (Å²) in [6, 6.07) is -0.498. The van der Waals surface area contributed by atoms with Crippen LogP contribution in [-0.4, -0.2) is 49.4 Å². The molecule has 12 heteroatoms. The fourth-order valence-corrected chi connectivity index (χ4v) is 4.48. The van der Waals surface area contributed by atoms with E-state index in [1.807, 2.05) is 0 Å². The molecule has 0 bridgehead atoms. The first-order valence-electron chi connectivity index (χ1n) is 6.47. The van der Waals surface area contributed by atoms with Crippen molar-refractivity contribution in [2.75, 3.05) is 18.1 Å². The zero-order valence-corrected chi connectivity index (χ0v) is 15.7. The molecule has 0 spiro atoms. The average molecular weight is 436 g/mol. The molecule has 7 nitrogen and oxygen atoms in total. The molecule has 0 saturated carbocycles. The Hall–Kier alpha value is -0.800. The first-order chi connectivity index (χ1) is 11.1. The van der Waals surface area contributed by atoms with Gasteiger partial charge < -0.3 is 10.1 Å². The number of esters is 1. The summed E-state index contributed by atoms with van der Waals surface area (Å²) in [7, 11) is -3.13. The van der Waals surface area contributed by atoms with Crippen LogP contribution in [0.5, 0.6) is 0 Å². The van der Waals surface area contributed by atoms with Crippen LogP contribution in [0, 0.1) is 0 Å². The van der Waals surface area contributed by atoms with Crippen molar-refractivity contribution in [3.05, 3.63) is 25.9 Å². The van der Waals surface area contributed by atoms with Gasteiger partial charge in [0.2, 0.25) is 0 Å². The number of halogens is 4. The molecule has 1 atom stereocenters. The molecule has 1 aromatic heterocycles. The molecule has 1 aliphatic heterocycles. The van der Waals surface area contributed by atoms with Crippen LogP contribution in [0.3, 0.4) is 0 Å². The van der Waals surface area contributed by atoms with Crippen LogP contribution >= 0.6 is 46.4 Å². The van der Waals surface area contributed by atoms with Crippen molar-refractivity contribution in [3.63, 3.8) is 0 Å². The average Bonchev–Trinajstić information content (AvgIpc) is 2.85. The van der Waals surface area contributed by atoms with Crippen molar-refractivity contribution < 1.29 is 22.7 Å². The van der Waals surface area contributed by atoms with Gasteiger partial charge in [0.05, 0.1) is 26.6 Å². The van der Waals surface area contributed by atoms with E-state index in [0.717, 1.165) is 0 Å². The molecule has 0 aliphatic carbocycles. The van der Waals surface area contributed by atoms with Crippen LogP contribution in [0.15, 0.2) is 0 Å². The van der Waals surface area contributed by atoms with Crippen molar-refractivity contribution in [2.24, 2.45) is 0 Å². The highest BCUT2D eigenvalue weighted by molar-refractivity contribution is 7.91. The van der Waals surface area contributed by atoms with Gasteiger partial charge in [0.1, 0.15) is 5.15 Å². The van der Waals surface area contributed by atoms with Crippen LogP contribution in [0.1, 0.15) is 16.9 Å². The van der Waals surface area contributed by atoms with Gasteiger partial charge in [-0.25, -0.2) is 18.2 Å². The van der Waals surface area contributed by atoms with Crippen LogP contribution < -0.4 is 5.32 Å². The molecule has 1 N–H and O–H groups in total. The summed E-state index contributed by atoms with van der Waals surface area (Å²) in [5, 5.41) is 1.70. The smallest absolute Gasteiger partial charge is 0.359 e. The summed E-state index contributed by atoms with van der Waals surface area (Å²) in [5.41, 5.74) is -0.382. The minimum atomic E-state index is -3.13. The third kappa shape index (κ3) is 4.64. The third-order valence-electron chi connectivity index (χ3n) is 3.11. The monoisotopic (exact) mass is 434 g/mol. The molecular weight excluding hydrogens is 426 g/mol. The molecule has 1 amide bonds. The number of carbonyl (C=O) groups excluding carboxylic acids is 2. The van der Waals surface area contributed by atoms with Gasteiger partial charge in [-0.05, 0) is 6.42 Å². The highest BCUT2D eigenvalue weighted by atomic mass is 35.5. The normalized spacial score (nSPS) is 19.1. The van der Waals surface area contributed by atoms with E-state index in [4.69, 9.17) is 51.1 Å². The zero-order valence-electron chi connectivity index (χ0n) is 11.8. The number of hydrogen-bond acceptors (Lipinski definition) is 6. The highest BCUT2D eigenvalue weighted by Crippen LogP contribution is 2.36. The fraction of sp³-hybridized carbons (Fsp3) is 0.417. The van der Waals surface area contributed by atoms with Gasteiger partial charge >= 0.3 is 5.97 Å². The Kier molecular flexibility index (Phi) is 6.19. The van der Waals surface area contributed by atoms with Gasteiger partial charge in [0.15, 0.2) is 22.1 Å². The first kappa shape index (κ1) is 19.5. The second-order valence-electron chi connectivity index (χ2n) is 4.94. The number of ether oxygens (including phenoxy) is 1. The van der Waals surface area contributed by atoms with E-state index in [9.17, 15) is 18.0 Å². The standard InChI is InChI=1S/C12H10Cl4N2O5S/c13-7-8(14)10(18-11(16)9(7)15)12(20)23-3-6(19)17-5-1-2-24(21,22)4-5/h5H,1-4H2,(H,17,19). The van der Waals surface area contributed by atoms with E-state index in [1.54, 1.807) is 0 Å². The molecule has 0 radical (unpaired) electrons. The Morgan fingerprint density at radius 2 is 1.83 bits per heavy atom. The molecule has 1 aromatic rings. The second-order valence-corrected chi connectivity index (χ2v) is 8.66. The van der Waals surface area contributed by atoms with Gasteiger partial charge in [-0.3, -0.25) is 4.79 Å². The molecule has 132 valence electrons. The molecule has 1 saturated heterocycles. The number of rotatable bonds is 4. The van der Waals surface area contributed by atoms with Crippen LogP contribution in [0.4, 0.5) is 0 Å². The predicted octanol–water partition coefficient (Wildman–Crippen LogP) is 2.16. The van der Waals surface area contributed by atoms with Crippen LogP contribution in [-0.2, 0) is 19.4 Å². The van der Waals surface area contributed by atoms with Crippen molar-refractivity contribution >= 4 is 68.1 Å². The molecule has 1 aliphatic rings. The molecule has 24 heavy (non-hydrogen) atoms. The van der Waals surface area contributed by atoms with Crippen molar-refractivity contribution in [1.29, 1.82) is 0 Å². The van der Waals surface area contributed by atoms with Gasteiger partial charge in [0.25, 0.3) is 5.91 Å². The lowest BCUT2D eigenvalue weighted by Gasteiger charge is -2.11. The number of hydrogen-bond donors (Lipinski definition) is 1. The molecule has 2 heterocycles. The zero-order chi connectivity index (χ0) is 18.1. The minimum Gasteiger partial charge on any atom is -0.451 e. The van der Waals surface area contributed by atoms with E-state index in [0.29, 0.717) is 6.42 Å². The maximum absolute atomic E-state index is 11.9. The van der Waals surface area contributed by atoms with Gasteiger partial charge in [-0.1, -0.05) is 46.4 Å². The maximum Gasteiger partial charge on any atom is 0.359 e. The Labute approximate surface area is 157 Å². The number of pyridine rings is 1. The first-order valence-corrected chi connectivity index (χ1v) is 9.81. The summed E-state index contributed by atoms with van der Waals surface area (Å²) in [5.74, 6) is -1.79. The van der Waals surface area contributed by atoms with E-state index in [2.05, 4.69) is 10.3 Å². The Morgan fingerprint density at radius 1 is 1.17 bits per heavy atom. The van der Waals surface area contributed by atoms with Crippen molar-refractivity contribution in [1.82, 2.24) is 10.3 Å². The Balaban J connectivity index is 1.95. The lowest BCUT2D eigenvalue weighted by Crippen LogP contribution is -2.38. The molecule has 1 unspecified atom stereocenters. The van der Waals surface area contributed by atoms with Gasteiger partial charge in [0, 0.05) is 6.04 Å². The topological polar surface area (TPSA) is 102 Å². The molecule has 1 fully saturated rings. The third-order valence-corrected chi connectivity index (χ3v) is 6.56. The summed E-state index contributed by atoms with van der Waals surface area (Å²) in [4.78, 5) is 27.3. The number of amides is 1. The number of nitrogens with zero attached hydrogens (tertiary/aromatic N) is 1. The fourth-order valence-electron chi connectivity index (χ4n) is 2.00. The number of aromatic nitrogens is 1. The second kappa shape index (κ2) is 7.61. The molecule has 0 aromatic carbocycles. The van der Waals surface area contributed by atoms with Crippen molar-refractivity contribution in [3.8, 4) is 0 Å². The van der Waals surface area contributed by atoms with Gasteiger partial charge in [-0.2, -0.15) is 0 Å². The summed E-state index contributed by atoms with van der Waals surface area (Å²) in [6.45, 7) is -0.634. The lowest BCUT2D eigenvalue weighted by atomic mass is 10.2. The Morgan fingerprint density at radius 3 is 2.42 bits per heavy atom. The van der Waals surface area contributed by atoms with Crippen molar-refractivity contribution in [2.45, 2.75) is 12.5 Å². The summed E-state index contributed by atoms with van der Waals surface area (Å²) in [6.07, 6.45) is 0.317. The van der Waals surface area contributed by atoms with Crippen LogP contribution in [0.25, 0.3) is 0 Å². The minimum absolute atomic E-state index is 0.0129. The summed E-state index contributed by atoms with van der Waals surface area (Å²) < 4.78 is 27.4. The lowest BCUT2D eigenvalue weighted by molar-refractivity contribution is -0.124.